The summed E-state index contributed by atoms with van der Waals surface area (Å²) >= 11 is 0. The molecule has 0 spiro atoms. The highest BCUT2D eigenvalue weighted by atomic mass is 16.5. The number of nitrogens with one attached hydrogen (secondary N) is 1. The number of hydrogen-bond acceptors (Lipinski definition) is 4. The van der Waals surface area contributed by atoms with Gasteiger partial charge in [-0.15, -0.1) is 10.2 Å². The zero-order valence-electron chi connectivity index (χ0n) is 9.70. The lowest BCUT2D eigenvalue weighted by molar-refractivity contribution is -0.0799. The predicted molar refractivity (Wildman–Crippen MR) is 59.0 cm³/mol. The van der Waals surface area contributed by atoms with Gasteiger partial charge in [-0.3, -0.25) is 0 Å². The molecule has 0 saturated carbocycles. The minimum Gasteiger partial charge on any atom is -0.365 e. The number of rotatable bonds is 3. The summed E-state index contributed by atoms with van der Waals surface area (Å²) in [4.78, 5) is 0. The highest BCUT2D eigenvalue weighted by Crippen LogP contribution is 2.19. The third kappa shape index (κ3) is 1.74. The van der Waals surface area contributed by atoms with Crippen LogP contribution in [0.15, 0.2) is 0 Å². The van der Waals surface area contributed by atoms with E-state index in [9.17, 15) is 0 Å². The first-order valence-electron chi connectivity index (χ1n) is 6.02. The van der Waals surface area contributed by atoms with Crippen LogP contribution in [0.3, 0.4) is 0 Å². The quantitative estimate of drug-likeness (QED) is 0.809. The molecule has 0 bridgehead atoms. The standard InChI is InChI=1S/C11H18N4O/c1-11(7-12-8-11)16-6-10-14-13-9-4-2-3-5-15(9)10/h12H,2-8H2,1H3. The summed E-state index contributed by atoms with van der Waals surface area (Å²) in [6.07, 6.45) is 3.53. The lowest BCUT2D eigenvalue weighted by atomic mass is 10.0. The molecule has 5 nitrogen and oxygen atoms in total. The monoisotopic (exact) mass is 222 g/mol. The van der Waals surface area contributed by atoms with Crippen LogP contribution in [-0.4, -0.2) is 33.5 Å². The predicted octanol–water partition coefficient (Wildman–Crippen LogP) is 0.493. The second kappa shape index (κ2) is 3.82. The molecule has 1 N–H and O–H groups in total. The van der Waals surface area contributed by atoms with Crippen molar-refractivity contribution in [3.05, 3.63) is 11.6 Å². The summed E-state index contributed by atoms with van der Waals surface area (Å²) in [5.41, 5.74) is 0.00105. The van der Waals surface area contributed by atoms with E-state index in [4.69, 9.17) is 4.74 Å². The summed E-state index contributed by atoms with van der Waals surface area (Å²) in [5.74, 6) is 2.12. The van der Waals surface area contributed by atoms with Crippen molar-refractivity contribution in [3.8, 4) is 0 Å². The van der Waals surface area contributed by atoms with Crippen LogP contribution >= 0.6 is 0 Å². The normalized spacial score (nSPS) is 22.6. The van der Waals surface area contributed by atoms with Crippen molar-refractivity contribution in [1.29, 1.82) is 0 Å². The van der Waals surface area contributed by atoms with Gasteiger partial charge in [-0.1, -0.05) is 0 Å². The minimum atomic E-state index is 0.00105. The molecule has 2 aliphatic heterocycles. The molecular weight excluding hydrogens is 204 g/mol. The van der Waals surface area contributed by atoms with Crippen LogP contribution in [0, 0.1) is 0 Å². The molecule has 0 atom stereocenters. The van der Waals surface area contributed by atoms with E-state index in [0.29, 0.717) is 6.61 Å². The van der Waals surface area contributed by atoms with Crippen LogP contribution in [0.1, 0.15) is 31.4 Å². The van der Waals surface area contributed by atoms with Gasteiger partial charge in [0.15, 0.2) is 5.82 Å². The minimum absolute atomic E-state index is 0.00105. The first-order valence-corrected chi connectivity index (χ1v) is 6.02. The Hall–Kier alpha value is -0.940. The van der Waals surface area contributed by atoms with Crippen molar-refractivity contribution < 1.29 is 4.74 Å². The lowest BCUT2D eigenvalue weighted by Crippen LogP contribution is -2.58. The molecule has 1 aromatic rings. The van der Waals surface area contributed by atoms with Gasteiger partial charge in [0.25, 0.3) is 0 Å². The molecule has 0 radical (unpaired) electrons. The van der Waals surface area contributed by atoms with Crippen LogP contribution < -0.4 is 5.32 Å². The van der Waals surface area contributed by atoms with Gasteiger partial charge in [0.1, 0.15) is 12.4 Å². The second-order valence-electron chi connectivity index (χ2n) is 4.98. The van der Waals surface area contributed by atoms with Crippen molar-refractivity contribution >= 4 is 0 Å². The van der Waals surface area contributed by atoms with Gasteiger partial charge >= 0.3 is 0 Å². The molecule has 16 heavy (non-hydrogen) atoms. The molecule has 1 saturated heterocycles. The fourth-order valence-corrected chi connectivity index (χ4v) is 2.29. The Balaban J connectivity index is 1.68. The van der Waals surface area contributed by atoms with E-state index < -0.39 is 0 Å². The number of hydrogen-bond donors (Lipinski definition) is 1. The maximum Gasteiger partial charge on any atom is 0.159 e. The Kier molecular flexibility index (Phi) is 2.44. The first-order chi connectivity index (χ1) is 7.77. The van der Waals surface area contributed by atoms with Crippen LogP contribution in [-0.2, 0) is 24.3 Å². The van der Waals surface area contributed by atoms with Crippen molar-refractivity contribution in [2.24, 2.45) is 0 Å². The number of aryl methyl sites for hydroxylation is 1. The van der Waals surface area contributed by atoms with Crippen LogP contribution in [0.25, 0.3) is 0 Å². The van der Waals surface area contributed by atoms with Gasteiger partial charge in [-0.2, -0.15) is 0 Å². The highest BCUT2D eigenvalue weighted by Gasteiger charge is 2.33. The lowest BCUT2D eigenvalue weighted by Gasteiger charge is -2.38. The molecule has 3 rings (SSSR count). The van der Waals surface area contributed by atoms with Crippen molar-refractivity contribution in [3.63, 3.8) is 0 Å². The summed E-state index contributed by atoms with van der Waals surface area (Å²) < 4.78 is 8.11. The number of aromatic nitrogens is 3. The Labute approximate surface area is 95.2 Å². The van der Waals surface area contributed by atoms with E-state index in [1.807, 2.05) is 0 Å². The van der Waals surface area contributed by atoms with Crippen molar-refractivity contribution in [2.45, 2.75) is 44.9 Å². The van der Waals surface area contributed by atoms with Gasteiger partial charge in [-0.25, -0.2) is 0 Å². The van der Waals surface area contributed by atoms with E-state index in [1.54, 1.807) is 0 Å². The fourth-order valence-electron chi connectivity index (χ4n) is 2.29. The third-order valence-electron chi connectivity index (χ3n) is 3.48. The van der Waals surface area contributed by atoms with E-state index in [1.165, 1.54) is 12.8 Å². The molecule has 1 aromatic heterocycles. The Morgan fingerprint density at radius 2 is 2.25 bits per heavy atom. The van der Waals surface area contributed by atoms with Gasteiger partial charge in [0.2, 0.25) is 0 Å². The van der Waals surface area contributed by atoms with E-state index in [0.717, 1.165) is 37.7 Å². The summed E-state index contributed by atoms with van der Waals surface area (Å²) in [6.45, 7) is 5.65. The topological polar surface area (TPSA) is 52.0 Å². The second-order valence-corrected chi connectivity index (χ2v) is 4.98. The number of ether oxygens (including phenoxy) is 1. The number of nitrogens with zero attached hydrogens (tertiary/aromatic N) is 3. The molecule has 0 unspecified atom stereocenters. The third-order valence-corrected chi connectivity index (χ3v) is 3.48. The molecular formula is C11H18N4O. The molecule has 5 heteroatoms. The van der Waals surface area contributed by atoms with Gasteiger partial charge in [0, 0.05) is 26.1 Å². The molecule has 3 heterocycles. The van der Waals surface area contributed by atoms with E-state index >= 15 is 0 Å². The molecule has 0 aromatic carbocycles. The summed E-state index contributed by atoms with van der Waals surface area (Å²) in [6, 6.07) is 0. The van der Waals surface area contributed by atoms with Gasteiger partial charge in [0.05, 0.1) is 5.60 Å². The first kappa shape index (κ1) is 10.2. The molecule has 0 aliphatic carbocycles. The maximum absolute atomic E-state index is 5.89. The SMILES string of the molecule is CC1(OCc2nnc3n2CCCC3)CNC1. The van der Waals surface area contributed by atoms with Crippen LogP contribution in [0.4, 0.5) is 0 Å². The Bertz CT molecular complexity index is 383. The van der Waals surface area contributed by atoms with Crippen LogP contribution in [0.2, 0.25) is 0 Å². The highest BCUT2D eigenvalue weighted by molar-refractivity contribution is 4.99. The van der Waals surface area contributed by atoms with Crippen molar-refractivity contribution in [2.75, 3.05) is 13.1 Å². The molecule has 1 fully saturated rings. The van der Waals surface area contributed by atoms with Crippen LogP contribution in [0.5, 0.6) is 0 Å². The maximum atomic E-state index is 5.89. The van der Waals surface area contributed by atoms with Crippen molar-refractivity contribution in [1.82, 2.24) is 20.1 Å². The Morgan fingerprint density at radius 1 is 1.38 bits per heavy atom. The fraction of sp³-hybridized carbons (Fsp3) is 0.818. The largest absolute Gasteiger partial charge is 0.365 e. The number of fused-ring (bicyclic) bond motifs is 1. The average Bonchev–Trinajstić information content (AvgIpc) is 2.67. The molecule has 0 amide bonds. The molecule has 2 aliphatic rings. The van der Waals surface area contributed by atoms with Gasteiger partial charge < -0.3 is 14.6 Å². The molecule has 88 valence electrons. The zero-order valence-corrected chi connectivity index (χ0v) is 9.70. The Morgan fingerprint density at radius 3 is 3.00 bits per heavy atom. The average molecular weight is 222 g/mol. The van der Waals surface area contributed by atoms with E-state index in [2.05, 4.69) is 27.0 Å². The van der Waals surface area contributed by atoms with Gasteiger partial charge in [-0.05, 0) is 19.8 Å². The zero-order chi connectivity index (χ0) is 11.0. The summed E-state index contributed by atoms with van der Waals surface area (Å²) in [5, 5.41) is 11.7. The summed E-state index contributed by atoms with van der Waals surface area (Å²) in [7, 11) is 0. The smallest absolute Gasteiger partial charge is 0.159 e. The van der Waals surface area contributed by atoms with E-state index in [-0.39, 0.29) is 5.60 Å².